The molecule has 0 spiro atoms. The fourth-order valence-corrected chi connectivity index (χ4v) is 2.48. The van der Waals surface area contributed by atoms with E-state index >= 15 is 0 Å². The first-order valence-corrected chi connectivity index (χ1v) is 9.61. The molecule has 4 N–H and O–H groups in total. The highest BCUT2D eigenvalue weighted by Crippen LogP contribution is 2.33. The number of nitrogens with zero attached hydrogens (tertiary/aromatic N) is 2. The highest BCUT2D eigenvalue weighted by molar-refractivity contribution is 6.26. The van der Waals surface area contributed by atoms with Gasteiger partial charge in [-0.25, -0.2) is 9.97 Å². The van der Waals surface area contributed by atoms with Crippen LogP contribution in [-0.2, 0) is 6.54 Å². The molecule has 0 aliphatic heterocycles. The van der Waals surface area contributed by atoms with Gasteiger partial charge in [0.25, 0.3) is 0 Å². The van der Waals surface area contributed by atoms with Crippen molar-refractivity contribution in [3.63, 3.8) is 0 Å². The van der Waals surface area contributed by atoms with E-state index in [2.05, 4.69) is 28.4 Å². The number of nitrogens with one attached hydrogen (secondary N) is 1. The predicted molar refractivity (Wildman–Crippen MR) is 120 cm³/mol. The van der Waals surface area contributed by atoms with Gasteiger partial charge in [0.1, 0.15) is 12.0 Å². The number of halogens is 2. The van der Waals surface area contributed by atoms with E-state index in [-0.39, 0.29) is 11.1 Å². The molecular formula is C21H26Cl2N4O. The van der Waals surface area contributed by atoms with Gasteiger partial charge in [0.2, 0.25) is 0 Å². The van der Waals surface area contributed by atoms with Crippen LogP contribution in [0, 0.1) is 0 Å². The first-order valence-electron chi connectivity index (χ1n) is 8.64. The largest absolute Gasteiger partial charge is 0.503 e. The minimum atomic E-state index is -0.355. The summed E-state index contributed by atoms with van der Waals surface area (Å²) in [5.41, 5.74) is 9.44. The Morgan fingerprint density at radius 3 is 2.43 bits per heavy atom. The number of nitrogens with two attached hydrogens (primary N) is 1. The van der Waals surface area contributed by atoms with Gasteiger partial charge in [-0.05, 0) is 37.1 Å². The molecule has 0 bridgehead atoms. The number of alkyl halides is 2. The third kappa shape index (κ3) is 6.68. The van der Waals surface area contributed by atoms with Crippen molar-refractivity contribution in [2.45, 2.75) is 25.8 Å². The van der Waals surface area contributed by atoms with Crippen molar-refractivity contribution in [2.75, 3.05) is 11.2 Å². The van der Waals surface area contributed by atoms with Crippen molar-refractivity contribution in [3.8, 4) is 5.75 Å². The summed E-state index contributed by atoms with van der Waals surface area (Å²) in [5, 5.41) is 13.4. The topological polar surface area (TPSA) is 84.1 Å². The zero-order valence-electron chi connectivity index (χ0n) is 16.1. The minimum absolute atomic E-state index is 0.0638. The summed E-state index contributed by atoms with van der Waals surface area (Å²) in [6.07, 6.45) is 5.07. The molecule has 0 saturated heterocycles. The van der Waals surface area contributed by atoms with E-state index in [0.717, 1.165) is 16.8 Å². The van der Waals surface area contributed by atoms with E-state index in [1.54, 1.807) is 0 Å². The Hall–Kier alpha value is -2.34. The van der Waals surface area contributed by atoms with Gasteiger partial charge in [0.15, 0.2) is 11.6 Å². The Morgan fingerprint density at radius 1 is 1.25 bits per heavy atom. The molecule has 5 nitrogen and oxygen atoms in total. The van der Waals surface area contributed by atoms with Crippen LogP contribution in [0.2, 0.25) is 0 Å². The van der Waals surface area contributed by atoms with Crippen LogP contribution in [0.25, 0.3) is 5.57 Å². The van der Waals surface area contributed by atoms with E-state index in [9.17, 15) is 5.11 Å². The lowest BCUT2D eigenvalue weighted by molar-refractivity contribution is 0.470. The van der Waals surface area contributed by atoms with E-state index in [0.29, 0.717) is 29.5 Å². The molecule has 28 heavy (non-hydrogen) atoms. The van der Waals surface area contributed by atoms with Crippen LogP contribution in [-0.4, -0.2) is 26.3 Å². The van der Waals surface area contributed by atoms with Gasteiger partial charge in [-0.1, -0.05) is 29.9 Å². The van der Waals surface area contributed by atoms with E-state index in [1.807, 2.05) is 50.3 Å². The van der Waals surface area contributed by atoms with Crippen LogP contribution in [0.15, 0.2) is 61.5 Å². The summed E-state index contributed by atoms with van der Waals surface area (Å²) < 4.78 is 0. The zero-order valence-corrected chi connectivity index (χ0v) is 17.6. The molecule has 1 aromatic heterocycles. The van der Waals surface area contributed by atoms with Crippen molar-refractivity contribution < 1.29 is 5.11 Å². The van der Waals surface area contributed by atoms with Crippen LogP contribution >= 0.6 is 23.2 Å². The lowest BCUT2D eigenvalue weighted by Crippen LogP contribution is -2.03. The molecule has 0 fully saturated rings. The first kappa shape index (κ1) is 23.7. The molecule has 7 heteroatoms. The third-order valence-corrected chi connectivity index (χ3v) is 4.39. The quantitative estimate of drug-likeness (QED) is 0.318. The van der Waals surface area contributed by atoms with Gasteiger partial charge in [0, 0.05) is 18.1 Å². The minimum Gasteiger partial charge on any atom is -0.503 e. The molecule has 150 valence electrons. The molecular weight excluding hydrogens is 395 g/mol. The zero-order chi connectivity index (χ0) is 21.1. The van der Waals surface area contributed by atoms with E-state index < -0.39 is 0 Å². The standard InChI is InChI=1S/C19H22Cl2N4O.C2H4/c1-12(9-20)3-8-16(13(2)21)17-18(26)19(24-11-23-17)25-15-6-4-14(10-22)5-7-15;1-2/h3-8,11,13,26H,9-10,22H2,1-2H3,(H,23,24,25);1-2H2/b12-3+,16-8+;. The Labute approximate surface area is 176 Å². The number of anilines is 2. The number of aromatic nitrogens is 2. The van der Waals surface area contributed by atoms with Gasteiger partial charge in [-0.3, -0.25) is 0 Å². The van der Waals surface area contributed by atoms with Crippen LogP contribution in [0.5, 0.6) is 5.75 Å². The number of aromatic hydroxyl groups is 1. The van der Waals surface area contributed by atoms with Crippen LogP contribution in [0.4, 0.5) is 11.5 Å². The fraction of sp³-hybridized carbons (Fsp3) is 0.238. The van der Waals surface area contributed by atoms with Gasteiger partial charge < -0.3 is 16.2 Å². The van der Waals surface area contributed by atoms with E-state index in [1.165, 1.54) is 6.33 Å². The van der Waals surface area contributed by atoms with Crippen molar-refractivity contribution in [1.82, 2.24) is 9.97 Å². The highest BCUT2D eigenvalue weighted by Gasteiger charge is 2.17. The maximum absolute atomic E-state index is 10.6. The number of hydrogen-bond donors (Lipinski definition) is 3. The summed E-state index contributed by atoms with van der Waals surface area (Å²) in [5.74, 6) is 0.657. The normalized spacial score (nSPS) is 12.8. The number of benzene rings is 1. The molecule has 0 aliphatic rings. The van der Waals surface area contributed by atoms with Crippen LogP contribution in [0.3, 0.4) is 0 Å². The van der Waals surface area contributed by atoms with Crippen molar-refractivity contribution in [1.29, 1.82) is 0 Å². The smallest absolute Gasteiger partial charge is 0.185 e. The van der Waals surface area contributed by atoms with E-state index in [4.69, 9.17) is 28.9 Å². The lowest BCUT2D eigenvalue weighted by atomic mass is 10.1. The maximum Gasteiger partial charge on any atom is 0.185 e. The maximum atomic E-state index is 10.6. The SMILES string of the molecule is C/C(=C\C=C(\c1ncnc(Nc2ccc(CN)cc2)c1O)C(C)Cl)CCl.C=C. The second kappa shape index (κ2) is 12.2. The summed E-state index contributed by atoms with van der Waals surface area (Å²) >= 11 is 12.1. The molecule has 1 atom stereocenters. The van der Waals surface area contributed by atoms with Gasteiger partial charge in [0.05, 0.1) is 5.38 Å². The number of hydrogen-bond acceptors (Lipinski definition) is 5. The van der Waals surface area contributed by atoms with Crippen molar-refractivity contribution in [3.05, 3.63) is 72.7 Å². The molecule has 2 rings (SSSR count). The summed E-state index contributed by atoms with van der Waals surface area (Å²) in [4.78, 5) is 8.33. The Bertz CT molecular complexity index is 818. The second-order valence-corrected chi connectivity index (χ2v) is 6.75. The summed E-state index contributed by atoms with van der Waals surface area (Å²) in [7, 11) is 0. The van der Waals surface area contributed by atoms with Gasteiger partial charge in [-0.2, -0.15) is 0 Å². The Balaban J connectivity index is 0.00000190. The second-order valence-electron chi connectivity index (χ2n) is 5.83. The monoisotopic (exact) mass is 420 g/mol. The van der Waals surface area contributed by atoms with Gasteiger partial charge in [-0.15, -0.1) is 36.4 Å². The Kier molecular flexibility index (Phi) is 10.3. The highest BCUT2D eigenvalue weighted by atomic mass is 35.5. The predicted octanol–water partition coefficient (Wildman–Crippen LogP) is 5.38. The summed E-state index contributed by atoms with van der Waals surface area (Å²) in [6, 6.07) is 7.56. The van der Waals surface area contributed by atoms with Gasteiger partial charge >= 0.3 is 0 Å². The molecule has 1 heterocycles. The first-order chi connectivity index (χ1) is 13.5. The fourth-order valence-electron chi connectivity index (χ4n) is 2.22. The molecule has 0 radical (unpaired) electrons. The average Bonchev–Trinajstić information content (AvgIpc) is 2.72. The molecule has 0 saturated carbocycles. The molecule has 1 aromatic carbocycles. The molecule has 0 amide bonds. The number of rotatable bonds is 7. The number of allylic oxidation sites excluding steroid dienone is 4. The molecule has 0 aliphatic carbocycles. The average molecular weight is 421 g/mol. The Morgan fingerprint density at radius 2 is 1.89 bits per heavy atom. The van der Waals surface area contributed by atoms with Crippen molar-refractivity contribution >= 4 is 40.3 Å². The third-order valence-electron chi connectivity index (χ3n) is 3.73. The van der Waals surface area contributed by atoms with Crippen molar-refractivity contribution in [2.24, 2.45) is 5.73 Å². The lowest BCUT2D eigenvalue weighted by Gasteiger charge is -2.14. The van der Waals surface area contributed by atoms with Crippen LogP contribution in [0.1, 0.15) is 25.1 Å². The summed E-state index contributed by atoms with van der Waals surface area (Å²) in [6.45, 7) is 10.2. The molecule has 1 unspecified atom stereocenters. The van der Waals surface area contributed by atoms with Crippen LogP contribution < -0.4 is 11.1 Å². The molecule has 2 aromatic rings.